The third kappa shape index (κ3) is 3.16. The number of rotatable bonds is 5. The molecule has 21 heavy (non-hydrogen) atoms. The van der Waals surface area contributed by atoms with Crippen molar-refractivity contribution in [1.82, 2.24) is 14.9 Å². The fourth-order valence-corrected chi connectivity index (χ4v) is 2.47. The van der Waals surface area contributed by atoms with Crippen LogP contribution in [0.3, 0.4) is 0 Å². The molecule has 0 aliphatic rings. The van der Waals surface area contributed by atoms with E-state index in [4.69, 9.17) is 4.42 Å². The Labute approximate surface area is 130 Å². The zero-order valence-corrected chi connectivity index (χ0v) is 12.8. The molecule has 108 valence electrons. The Morgan fingerprint density at radius 2 is 2.14 bits per heavy atom. The molecule has 0 spiro atoms. The molecule has 3 aromatic rings. The number of benzene rings is 1. The first-order chi connectivity index (χ1) is 10.2. The lowest BCUT2D eigenvalue weighted by Crippen LogP contribution is -2.24. The van der Waals surface area contributed by atoms with Crippen LogP contribution in [0.15, 0.2) is 51.8 Å². The largest absolute Gasteiger partial charge is 0.444 e. The van der Waals surface area contributed by atoms with Crippen LogP contribution in [-0.2, 0) is 6.54 Å². The highest BCUT2D eigenvalue weighted by atomic mass is 79.9. The first-order valence-electron chi connectivity index (χ1n) is 6.67. The minimum atomic E-state index is -0.198. The maximum absolute atomic E-state index is 11.8. The Kier molecular flexibility index (Phi) is 4.06. The minimum absolute atomic E-state index is 0.198. The zero-order chi connectivity index (χ0) is 14.7. The summed E-state index contributed by atoms with van der Waals surface area (Å²) in [5, 5.41) is 2.84. The normalized spacial score (nSPS) is 10.9. The predicted octanol–water partition coefficient (Wildman–Crippen LogP) is 3.21. The summed E-state index contributed by atoms with van der Waals surface area (Å²) in [6.07, 6.45) is 2.66. The van der Waals surface area contributed by atoms with Crippen molar-refractivity contribution in [3.63, 3.8) is 0 Å². The van der Waals surface area contributed by atoms with Crippen molar-refractivity contribution in [3.05, 3.63) is 53.2 Å². The van der Waals surface area contributed by atoms with Gasteiger partial charge in [0.15, 0.2) is 10.4 Å². The van der Waals surface area contributed by atoms with Gasteiger partial charge >= 0.3 is 0 Å². The van der Waals surface area contributed by atoms with Gasteiger partial charge in [0.05, 0.1) is 17.4 Å². The highest BCUT2D eigenvalue weighted by Crippen LogP contribution is 2.14. The number of amides is 1. The number of aromatic nitrogens is 2. The van der Waals surface area contributed by atoms with E-state index in [2.05, 4.69) is 30.8 Å². The lowest BCUT2D eigenvalue weighted by molar-refractivity contribution is 0.0924. The number of aryl methyl sites for hydroxylation is 1. The number of fused-ring (bicyclic) bond motifs is 1. The Morgan fingerprint density at radius 3 is 2.95 bits per heavy atom. The van der Waals surface area contributed by atoms with Crippen molar-refractivity contribution in [2.24, 2.45) is 0 Å². The molecule has 0 aliphatic heterocycles. The number of nitrogens with one attached hydrogen (secondary N) is 1. The third-order valence-electron chi connectivity index (χ3n) is 3.19. The Balaban J connectivity index is 1.51. The molecule has 0 saturated carbocycles. The molecular formula is C15H14BrN3O2. The summed E-state index contributed by atoms with van der Waals surface area (Å²) in [6, 6.07) is 11.3. The molecule has 1 aromatic carbocycles. The second kappa shape index (κ2) is 6.13. The standard InChI is InChI=1S/C15H14BrN3O2/c16-14-7-6-13(21-14)15(20)17-8-3-9-19-10-18-11-4-1-2-5-12(11)19/h1-2,4-7,10H,3,8-9H2,(H,17,20). The van der Waals surface area contributed by atoms with E-state index in [1.807, 2.05) is 30.6 Å². The molecule has 0 saturated heterocycles. The molecule has 0 atom stereocenters. The fourth-order valence-electron chi connectivity index (χ4n) is 2.16. The maximum atomic E-state index is 11.8. The van der Waals surface area contributed by atoms with Crippen molar-refractivity contribution in [1.29, 1.82) is 0 Å². The van der Waals surface area contributed by atoms with Crippen LogP contribution >= 0.6 is 15.9 Å². The average molecular weight is 348 g/mol. The summed E-state index contributed by atoms with van der Waals surface area (Å²) >= 11 is 3.17. The van der Waals surface area contributed by atoms with Gasteiger partial charge in [-0.3, -0.25) is 4.79 Å². The van der Waals surface area contributed by atoms with Crippen molar-refractivity contribution in [2.75, 3.05) is 6.54 Å². The van der Waals surface area contributed by atoms with Crippen molar-refractivity contribution < 1.29 is 9.21 Å². The Hall–Kier alpha value is -2.08. The monoisotopic (exact) mass is 347 g/mol. The van der Waals surface area contributed by atoms with Crippen LogP contribution in [0.1, 0.15) is 17.0 Å². The first-order valence-corrected chi connectivity index (χ1v) is 7.47. The highest BCUT2D eigenvalue weighted by molar-refractivity contribution is 9.10. The topological polar surface area (TPSA) is 60.1 Å². The smallest absolute Gasteiger partial charge is 0.287 e. The second-order valence-corrected chi connectivity index (χ2v) is 5.42. The minimum Gasteiger partial charge on any atom is -0.444 e. The van der Waals surface area contributed by atoms with Crippen LogP contribution in [0.5, 0.6) is 0 Å². The van der Waals surface area contributed by atoms with E-state index in [-0.39, 0.29) is 5.91 Å². The number of furan rings is 1. The number of hydrogen-bond acceptors (Lipinski definition) is 3. The maximum Gasteiger partial charge on any atom is 0.287 e. The number of nitrogens with zero attached hydrogens (tertiary/aromatic N) is 2. The number of para-hydroxylation sites is 2. The molecule has 0 aliphatic carbocycles. The van der Waals surface area contributed by atoms with E-state index in [1.165, 1.54) is 0 Å². The molecule has 0 radical (unpaired) electrons. The summed E-state index contributed by atoms with van der Waals surface area (Å²) in [5.74, 6) is 0.117. The average Bonchev–Trinajstić information content (AvgIpc) is 3.10. The molecular weight excluding hydrogens is 334 g/mol. The second-order valence-electron chi connectivity index (χ2n) is 4.64. The lowest BCUT2D eigenvalue weighted by atomic mass is 10.3. The highest BCUT2D eigenvalue weighted by Gasteiger charge is 2.09. The number of hydrogen-bond donors (Lipinski definition) is 1. The Morgan fingerprint density at radius 1 is 1.29 bits per heavy atom. The molecule has 0 bridgehead atoms. The predicted molar refractivity (Wildman–Crippen MR) is 83.1 cm³/mol. The van der Waals surface area contributed by atoms with Crippen molar-refractivity contribution >= 4 is 32.9 Å². The first kappa shape index (κ1) is 13.9. The van der Waals surface area contributed by atoms with E-state index in [9.17, 15) is 4.79 Å². The van der Waals surface area contributed by atoms with Gasteiger partial charge in [0.2, 0.25) is 0 Å². The van der Waals surface area contributed by atoms with Gasteiger partial charge in [0, 0.05) is 13.1 Å². The molecule has 0 fully saturated rings. The fraction of sp³-hybridized carbons (Fsp3) is 0.200. The van der Waals surface area contributed by atoms with Crippen LogP contribution in [-0.4, -0.2) is 22.0 Å². The third-order valence-corrected chi connectivity index (χ3v) is 3.61. The van der Waals surface area contributed by atoms with Gasteiger partial charge in [0.1, 0.15) is 0 Å². The van der Waals surface area contributed by atoms with Crippen molar-refractivity contribution in [3.8, 4) is 0 Å². The van der Waals surface area contributed by atoms with Gasteiger partial charge in [-0.2, -0.15) is 0 Å². The summed E-state index contributed by atoms with van der Waals surface area (Å²) in [4.78, 5) is 16.1. The quantitative estimate of drug-likeness (QED) is 0.721. The van der Waals surface area contributed by atoms with E-state index in [0.717, 1.165) is 24.0 Å². The summed E-state index contributed by atoms with van der Waals surface area (Å²) < 4.78 is 7.84. The molecule has 1 amide bonds. The summed E-state index contributed by atoms with van der Waals surface area (Å²) in [6.45, 7) is 1.40. The van der Waals surface area contributed by atoms with Crippen LogP contribution in [0.25, 0.3) is 11.0 Å². The molecule has 3 rings (SSSR count). The van der Waals surface area contributed by atoms with Gasteiger partial charge in [-0.15, -0.1) is 0 Å². The van der Waals surface area contributed by atoms with Crippen LogP contribution in [0.2, 0.25) is 0 Å². The van der Waals surface area contributed by atoms with Gasteiger partial charge in [-0.05, 0) is 46.6 Å². The number of carbonyl (C=O) groups excluding carboxylic acids is 1. The summed E-state index contributed by atoms with van der Waals surface area (Å²) in [5.41, 5.74) is 2.10. The van der Waals surface area contributed by atoms with Crippen molar-refractivity contribution in [2.45, 2.75) is 13.0 Å². The number of halogens is 1. The molecule has 5 nitrogen and oxygen atoms in total. The van der Waals surface area contributed by atoms with Crippen LogP contribution < -0.4 is 5.32 Å². The van der Waals surface area contributed by atoms with E-state index >= 15 is 0 Å². The van der Waals surface area contributed by atoms with Crippen LogP contribution in [0.4, 0.5) is 0 Å². The number of carbonyl (C=O) groups is 1. The van der Waals surface area contributed by atoms with E-state index < -0.39 is 0 Å². The van der Waals surface area contributed by atoms with Crippen LogP contribution in [0, 0.1) is 0 Å². The molecule has 1 N–H and O–H groups in total. The summed E-state index contributed by atoms with van der Waals surface area (Å²) in [7, 11) is 0. The van der Waals surface area contributed by atoms with E-state index in [1.54, 1.807) is 12.1 Å². The van der Waals surface area contributed by atoms with Gasteiger partial charge < -0.3 is 14.3 Å². The van der Waals surface area contributed by atoms with E-state index in [0.29, 0.717) is 17.0 Å². The molecule has 0 unspecified atom stereocenters. The molecule has 2 aromatic heterocycles. The molecule has 6 heteroatoms. The van der Waals surface area contributed by atoms with Gasteiger partial charge in [-0.25, -0.2) is 4.98 Å². The van der Waals surface area contributed by atoms with Gasteiger partial charge in [-0.1, -0.05) is 12.1 Å². The lowest BCUT2D eigenvalue weighted by Gasteiger charge is -2.05. The molecule has 2 heterocycles. The Bertz CT molecular complexity index is 763. The van der Waals surface area contributed by atoms with Gasteiger partial charge in [0.25, 0.3) is 5.91 Å². The number of imidazole rings is 1. The zero-order valence-electron chi connectivity index (χ0n) is 11.3. The SMILES string of the molecule is O=C(NCCCn1cnc2ccccc21)c1ccc(Br)o1.